The number of nitrogens with zero attached hydrogens (tertiary/aromatic N) is 2. The highest BCUT2D eigenvalue weighted by molar-refractivity contribution is 5.82. The molecule has 2 aliphatic rings. The van der Waals surface area contributed by atoms with Crippen molar-refractivity contribution in [1.82, 2.24) is 4.90 Å². The first-order valence-corrected chi connectivity index (χ1v) is 8.04. The zero-order valence-electron chi connectivity index (χ0n) is 12.4. The third kappa shape index (κ3) is 3.16. The van der Waals surface area contributed by atoms with Crippen molar-refractivity contribution in [2.45, 2.75) is 51.1 Å². The van der Waals surface area contributed by atoms with E-state index in [1.54, 1.807) is 0 Å². The van der Waals surface area contributed by atoms with Gasteiger partial charge in [-0.1, -0.05) is 18.6 Å². The van der Waals surface area contributed by atoms with E-state index in [0.717, 1.165) is 44.3 Å². The van der Waals surface area contributed by atoms with Crippen molar-refractivity contribution < 1.29 is 4.79 Å². The van der Waals surface area contributed by atoms with E-state index in [0.29, 0.717) is 11.8 Å². The topological polar surface area (TPSA) is 44.1 Å². The summed E-state index contributed by atoms with van der Waals surface area (Å²) < 4.78 is 0. The number of ketones is 1. The summed E-state index contributed by atoms with van der Waals surface area (Å²) in [6, 6.07) is 10.5. The van der Waals surface area contributed by atoms with Gasteiger partial charge in [-0.25, -0.2) is 0 Å². The highest BCUT2D eigenvalue weighted by atomic mass is 16.1. The number of nitriles is 1. The molecular formula is C18H22N2O. The normalized spacial score (nSPS) is 26.7. The molecule has 3 rings (SSSR count). The lowest BCUT2D eigenvalue weighted by Gasteiger charge is -2.33. The molecule has 0 amide bonds. The highest BCUT2D eigenvalue weighted by Crippen LogP contribution is 2.33. The minimum absolute atomic E-state index is 0.250. The molecule has 3 nitrogen and oxygen atoms in total. The molecule has 1 aliphatic heterocycles. The van der Waals surface area contributed by atoms with E-state index in [4.69, 9.17) is 5.26 Å². The highest BCUT2D eigenvalue weighted by Gasteiger charge is 2.36. The lowest BCUT2D eigenvalue weighted by atomic mass is 9.81. The van der Waals surface area contributed by atoms with Gasteiger partial charge in [-0.3, -0.25) is 9.69 Å². The van der Waals surface area contributed by atoms with E-state index in [1.807, 2.05) is 18.2 Å². The van der Waals surface area contributed by atoms with Gasteiger partial charge in [0.2, 0.25) is 0 Å². The van der Waals surface area contributed by atoms with Crippen LogP contribution >= 0.6 is 0 Å². The molecule has 1 saturated heterocycles. The fourth-order valence-electron chi connectivity index (χ4n) is 3.89. The third-order valence-electron chi connectivity index (χ3n) is 4.92. The monoisotopic (exact) mass is 282 g/mol. The molecule has 0 N–H and O–H groups in total. The fraction of sp³-hybridized carbons (Fsp3) is 0.556. The molecule has 1 saturated carbocycles. The predicted molar refractivity (Wildman–Crippen MR) is 81.6 cm³/mol. The summed E-state index contributed by atoms with van der Waals surface area (Å²) >= 11 is 0. The first-order chi connectivity index (χ1) is 10.3. The molecule has 1 aromatic rings. The van der Waals surface area contributed by atoms with Crippen molar-refractivity contribution in [3.05, 3.63) is 35.4 Å². The Morgan fingerprint density at radius 1 is 1.24 bits per heavy atom. The van der Waals surface area contributed by atoms with Gasteiger partial charge < -0.3 is 0 Å². The molecule has 0 aromatic heterocycles. The van der Waals surface area contributed by atoms with E-state index in [9.17, 15) is 4.79 Å². The number of rotatable bonds is 3. The molecule has 1 aliphatic carbocycles. The Bertz CT molecular complexity index is 561. The number of Topliss-reactive ketones (excluding diaryl/α,β-unsaturated/α-hetero) is 1. The Balaban J connectivity index is 1.72. The van der Waals surface area contributed by atoms with Crippen LogP contribution in [0, 0.1) is 17.2 Å². The van der Waals surface area contributed by atoms with Crippen molar-refractivity contribution in [1.29, 1.82) is 5.26 Å². The predicted octanol–water partition coefficient (Wildman–Crippen LogP) is 3.28. The summed E-state index contributed by atoms with van der Waals surface area (Å²) in [4.78, 5) is 14.7. The SMILES string of the molecule is N#Cc1cccc(CN2CCCC2C2CCCCC2=O)c1. The number of carbonyl (C=O) groups excluding carboxylic acids is 1. The van der Waals surface area contributed by atoms with E-state index in [-0.39, 0.29) is 5.92 Å². The summed E-state index contributed by atoms with van der Waals surface area (Å²) in [5.74, 6) is 0.726. The van der Waals surface area contributed by atoms with Crippen LogP contribution in [-0.2, 0) is 11.3 Å². The molecule has 2 unspecified atom stereocenters. The number of benzene rings is 1. The largest absolute Gasteiger partial charge is 0.299 e. The Hall–Kier alpha value is -1.66. The molecule has 110 valence electrons. The Labute approximate surface area is 126 Å². The van der Waals surface area contributed by atoms with Crippen LogP contribution in [0.4, 0.5) is 0 Å². The van der Waals surface area contributed by atoms with Gasteiger partial charge in [-0.05, 0) is 49.9 Å². The van der Waals surface area contributed by atoms with Gasteiger partial charge in [0.1, 0.15) is 5.78 Å². The van der Waals surface area contributed by atoms with Crippen LogP contribution in [0.3, 0.4) is 0 Å². The standard InChI is InChI=1S/C18H22N2O/c19-12-14-5-3-6-15(11-14)13-20-10-4-8-17(20)16-7-1-2-9-18(16)21/h3,5-6,11,16-17H,1-2,4,7-10,13H2. The molecule has 2 atom stereocenters. The molecule has 2 fully saturated rings. The van der Waals surface area contributed by atoms with Crippen molar-refractivity contribution >= 4 is 5.78 Å². The van der Waals surface area contributed by atoms with Gasteiger partial charge >= 0.3 is 0 Å². The second kappa shape index (κ2) is 6.41. The molecule has 0 radical (unpaired) electrons. The number of hydrogen-bond acceptors (Lipinski definition) is 3. The van der Waals surface area contributed by atoms with E-state index >= 15 is 0 Å². The maximum Gasteiger partial charge on any atom is 0.137 e. The van der Waals surface area contributed by atoms with Crippen LogP contribution < -0.4 is 0 Å². The van der Waals surface area contributed by atoms with Crippen LogP contribution in [0.25, 0.3) is 0 Å². The molecule has 0 bridgehead atoms. The Morgan fingerprint density at radius 3 is 2.95 bits per heavy atom. The van der Waals surface area contributed by atoms with Crippen LogP contribution in [0.1, 0.15) is 49.7 Å². The zero-order valence-corrected chi connectivity index (χ0v) is 12.4. The van der Waals surface area contributed by atoms with Gasteiger partial charge in [-0.15, -0.1) is 0 Å². The fourth-order valence-corrected chi connectivity index (χ4v) is 3.89. The molecule has 3 heteroatoms. The van der Waals surface area contributed by atoms with Crippen molar-refractivity contribution in [2.24, 2.45) is 5.92 Å². The number of carbonyl (C=O) groups is 1. The van der Waals surface area contributed by atoms with Crippen LogP contribution in [0.15, 0.2) is 24.3 Å². The summed E-state index contributed by atoms with van der Waals surface area (Å²) in [6.07, 6.45) is 6.45. The van der Waals surface area contributed by atoms with Crippen molar-refractivity contribution in [2.75, 3.05) is 6.54 Å². The van der Waals surface area contributed by atoms with E-state index in [1.165, 1.54) is 18.4 Å². The van der Waals surface area contributed by atoms with Crippen LogP contribution in [0.2, 0.25) is 0 Å². The third-order valence-corrected chi connectivity index (χ3v) is 4.92. The van der Waals surface area contributed by atoms with Crippen LogP contribution in [-0.4, -0.2) is 23.3 Å². The number of hydrogen-bond donors (Lipinski definition) is 0. The van der Waals surface area contributed by atoms with Crippen molar-refractivity contribution in [3.63, 3.8) is 0 Å². The maximum atomic E-state index is 12.2. The second-order valence-electron chi connectivity index (χ2n) is 6.31. The minimum Gasteiger partial charge on any atom is -0.299 e. The lowest BCUT2D eigenvalue weighted by Crippen LogP contribution is -2.40. The summed E-state index contributed by atoms with van der Waals surface area (Å²) in [7, 11) is 0. The first kappa shape index (κ1) is 14.3. The van der Waals surface area contributed by atoms with E-state index < -0.39 is 0 Å². The number of likely N-dealkylation sites (tertiary alicyclic amines) is 1. The summed E-state index contributed by atoms with van der Waals surface area (Å²) in [5, 5.41) is 9.01. The quantitative estimate of drug-likeness (QED) is 0.854. The molecule has 1 aromatic carbocycles. The maximum absolute atomic E-state index is 12.2. The van der Waals surface area contributed by atoms with Gasteiger partial charge in [0.25, 0.3) is 0 Å². The smallest absolute Gasteiger partial charge is 0.137 e. The first-order valence-electron chi connectivity index (χ1n) is 8.04. The van der Waals surface area contributed by atoms with Gasteiger partial charge in [0.05, 0.1) is 11.6 Å². The average Bonchev–Trinajstić information content (AvgIpc) is 2.96. The molecule has 1 heterocycles. The van der Waals surface area contributed by atoms with Gasteiger partial charge in [0, 0.05) is 24.9 Å². The van der Waals surface area contributed by atoms with Gasteiger partial charge in [0.15, 0.2) is 0 Å². The van der Waals surface area contributed by atoms with E-state index in [2.05, 4.69) is 17.0 Å². The summed E-state index contributed by atoms with van der Waals surface area (Å²) in [6.45, 7) is 1.94. The Kier molecular flexibility index (Phi) is 4.36. The Morgan fingerprint density at radius 2 is 2.14 bits per heavy atom. The van der Waals surface area contributed by atoms with Crippen molar-refractivity contribution in [3.8, 4) is 6.07 Å². The molecule has 0 spiro atoms. The zero-order chi connectivity index (χ0) is 14.7. The van der Waals surface area contributed by atoms with Gasteiger partial charge in [-0.2, -0.15) is 5.26 Å². The summed E-state index contributed by atoms with van der Waals surface area (Å²) in [5.41, 5.74) is 1.90. The molecule has 21 heavy (non-hydrogen) atoms. The molecular weight excluding hydrogens is 260 g/mol. The minimum atomic E-state index is 0.250. The second-order valence-corrected chi connectivity index (χ2v) is 6.31. The van der Waals surface area contributed by atoms with Crippen LogP contribution in [0.5, 0.6) is 0 Å². The lowest BCUT2D eigenvalue weighted by molar-refractivity contribution is -0.126. The average molecular weight is 282 g/mol.